The van der Waals surface area contributed by atoms with E-state index >= 15 is 0 Å². The summed E-state index contributed by atoms with van der Waals surface area (Å²) in [5.41, 5.74) is -0.339. The lowest BCUT2D eigenvalue weighted by Gasteiger charge is -2.22. The molecule has 1 aliphatic heterocycles. The van der Waals surface area contributed by atoms with E-state index in [0.29, 0.717) is 0 Å². The number of rotatable bonds is 4. The molecule has 8 heteroatoms. The molecule has 6 nitrogen and oxygen atoms in total. The van der Waals surface area contributed by atoms with Gasteiger partial charge in [0.05, 0.1) is 21.0 Å². The van der Waals surface area contributed by atoms with Crippen molar-refractivity contribution >= 4 is 39.1 Å². The van der Waals surface area contributed by atoms with Crippen LogP contribution < -0.4 is 9.62 Å². The zero-order valence-corrected chi connectivity index (χ0v) is 15.8. The third-order valence-corrected chi connectivity index (χ3v) is 6.78. The van der Waals surface area contributed by atoms with Crippen LogP contribution in [0.3, 0.4) is 0 Å². The number of nitrogens with zero attached hydrogens (tertiary/aromatic N) is 1. The van der Waals surface area contributed by atoms with Crippen molar-refractivity contribution in [2.75, 3.05) is 4.90 Å². The molecule has 1 saturated carbocycles. The van der Waals surface area contributed by atoms with Gasteiger partial charge in [-0.25, -0.2) is 18.0 Å². The topological polar surface area (TPSA) is 83.6 Å². The van der Waals surface area contributed by atoms with Crippen LogP contribution in [0.25, 0.3) is 0 Å². The van der Waals surface area contributed by atoms with Gasteiger partial charge in [0, 0.05) is 12.5 Å². The van der Waals surface area contributed by atoms with Gasteiger partial charge in [0.25, 0.3) is 0 Å². The molecule has 3 rings (SSSR count). The summed E-state index contributed by atoms with van der Waals surface area (Å²) < 4.78 is 27.0. The Balaban J connectivity index is 1.94. The number of imide groups is 1. The highest BCUT2D eigenvalue weighted by atomic mass is 35.5. The molecule has 0 aromatic heterocycles. The third kappa shape index (κ3) is 3.20. The number of benzene rings is 1. The van der Waals surface area contributed by atoms with Crippen LogP contribution in [-0.4, -0.2) is 26.3 Å². The van der Waals surface area contributed by atoms with E-state index in [0.717, 1.165) is 30.6 Å². The Morgan fingerprint density at radius 1 is 1.20 bits per heavy atom. The Morgan fingerprint density at radius 2 is 1.84 bits per heavy atom. The summed E-state index contributed by atoms with van der Waals surface area (Å²) in [6.07, 6.45) is 3.53. The van der Waals surface area contributed by atoms with Crippen LogP contribution in [0.2, 0.25) is 5.02 Å². The molecule has 1 saturated heterocycles. The lowest BCUT2D eigenvalue weighted by Crippen LogP contribution is -2.34. The number of sulfonamides is 1. The summed E-state index contributed by atoms with van der Waals surface area (Å²) in [4.78, 5) is 26.4. The second-order valence-electron chi connectivity index (χ2n) is 7.09. The molecule has 1 aromatic rings. The molecule has 136 valence electrons. The molecule has 2 aliphatic rings. The van der Waals surface area contributed by atoms with Crippen molar-refractivity contribution in [3.8, 4) is 0 Å². The number of halogens is 1. The summed E-state index contributed by atoms with van der Waals surface area (Å²) in [7, 11) is -3.69. The average molecular weight is 385 g/mol. The highest BCUT2D eigenvalue weighted by Gasteiger charge is 2.53. The van der Waals surface area contributed by atoms with E-state index in [1.54, 1.807) is 13.8 Å². The Hall–Kier alpha value is -1.44. The molecule has 2 fully saturated rings. The van der Waals surface area contributed by atoms with Gasteiger partial charge in [-0.1, -0.05) is 24.4 Å². The Morgan fingerprint density at radius 3 is 2.40 bits per heavy atom. The second kappa shape index (κ2) is 6.37. The third-order valence-electron chi connectivity index (χ3n) is 4.82. The maximum absolute atomic E-state index is 12.8. The summed E-state index contributed by atoms with van der Waals surface area (Å²) in [5, 5.41) is 0.0726. The molecule has 0 unspecified atom stereocenters. The van der Waals surface area contributed by atoms with Crippen LogP contribution >= 0.6 is 11.6 Å². The minimum atomic E-state index is -3.69. The van der Waals surface area contributed by atoms with Crippen molar-refractivity contribution in [3.05, 3.63) is 23.2 Å². The number of carbonyl (C=O) groups excluding carboxylic acids is 2. The van der Waals surface area contributed by atoms with Crippen LogP contribution in [0.15, 0.2) is 23.1 Å². The quantitative estimate of drug-likeness (QED) is 0.809. The molecule has 1 spiro atoms. The number of hydrogen-bond donors (Lipinski definition) is 1. The van der Waals surface area contributed by atoms with Crippen molar-refractivity contribution in [1.82, 2.24) is 4.72 Å². The summed E-state index contributed by atoms with van der Waals surface area (Å²) in [6.45, 7) is 3.44. The minimum Gasteiger partial charge on any atom is -0.274 e. The van der Waals surface area contributed by atoms with Crippen molar-refractivity contribution in [3.63, 3.8) is 0 Å². The first-order valence-corrected chi connectivity index (χ1v) is 10.2. The smallest absolute Gasteiger partial charge is 0.240 e. The summed E-state index contributed by atoms with van der Waals surface area (Å²) in [5.74, 6) is -0.488. The normalized spacial score (nSPS) is 20.2. The van der Waals surface area contributed by atoms with Crippen LogP contribution in [0, 0.1) is 5.41 Å². The SMILES string of the molecule is CC(C)NS(=O)(=O)c1ccc(N2C(=O)CC3(CCCC3)C2=O)c(Cl)c1. The number of hydrogen-bond acceptors (Lipinski definition) is 4. The summed E-state index contributed by atoms with van der Waals surface area (Å²) >= 11 is 6.24. The first kappa shape index (κ1) is 18.4. The van der Waals surface area contributed by atoms with Crippen LogP contribution in [0.4, 0.5) is 5.69 Å². The molecular weight excluding hydrogens is 364 g/mol. The second-order valence-corrected chi connectivity index (χ2v) is 9.21. The molecule has 0 bridgehead atoms. The highest BCUT2D eigenvalue weighted by molar-refractivity contribution is 7.89. The molecule has 0 radical (unpaired) electrons. The molecule has 1 aromatic carbocycles. The van der Waals surface area contributed by atoms with Gasteiger partial charge < -0.3 is 0 Å². The maximum atomic E-state index is 12.8. The van der Waals surface area contributed by atoms with Crippen molar-refractivity contribution in [2.24, 2.45) is 5.41 Å². The maximum Gasteiger partial charge on any atom is 0.240 e. The number of anilines is 1. The van der Waals surface area contributed by atoms with Crippen LogP contribution in [0.5, 0.6) is 0 Å². The highest BCUT2D eigenvalue weighted by Crippen LogP contribution is 2.48. The van der Waals surface area contributed by atoms with Gasteiger partial charge >= 0.3 is 0 Å². The molecule has 25 heavy (non-hydrogen) atoms. The zero-order valence-electron chi connectivity index (χ0n) is 14.2. The zero-order chi connectivity index (χ0) is 18.4. The number of amides is 2. The van der Waals surface area contributed by atoms with Gasteiger partial charge in [-0.15, -0.1) is 0 Å². The first-order chi connectivity index (χ1) is 11.7. The molecule has 1 heterocycles. The first-order valence-electron chi connectivity index (χ1n) is 8.36. The van der Waals surface area contributed by atoms with E-state index in [4.69, 9.17) is 11.6 Å². The fraction of sp³-hybridized carbons (Fsp3) is 0.529. The van der Waals surface area contributed by atoms with Gasteiger partial charge in [-0.2, -0.15) is 0 Å². The fourth-order valence-electron chi connectivity index (χ4n) is 3.70. The van der Waals surface area contributed by atoms with E-state index in [1.165, 1.54) is 18.2 Å². The van der Waals surface area contributed by atoms with Crippen LogP contribution in [-0.2, 0) is 19.6 Å². The number of nitrogens with one attached hydrogen (secondary N) is 1. The molecule has 0 atom stereocenters. The molecule has 2 amide bonds. The largest absolute Gasteiger partial charge is 0.274 e. The Bertz CT molecular complexity index is 829. The van der Waals surface area contributed by atoms with Gasteiger partial charge in [0.2, 0.25) is 21.8 Å². The van der Waals surface area contributed by atoms with Crippen LogP contribution in [0.1, 0.15) is 46.0 Å². The van der Waals surface area contributed by atoms with Gasteiger partial charge in [-0.05, 0) is 44.9 Å². The Labute approximate surface area is 152 Å². The lowest BCUT2D eigenvalue weighted by molar-refractivity contribution is -0.125. The van der Waals surface area contributed by atoms with Gasteiger partial charge in [0.15, 0.2) is 0 Å². The minimum absolute atomic E-state index is 0.00428. The monoisotopic (exact) mass is 384 g/mol. The Kier molecular flexibility index (Phi) is 4.68. The molecular formula is C17H21ClN2O4S. The summed E-state index contributed by atoms with van der Waals surface area (Å²) in [6, 6.07) is 3.82. The van der Waals surface area contributed by atoms with Gasteiger partial charge in [-0.3, -0.25) is 9.59 Å². The van der Waals surface area contributed by atoms with E-state index in [1.807, 2.05) is 0 Å². The van der Waals surface area contributed by atoms with E-state index in [-0.39, 0.29) is 39.9 Å². The fourth-order valence-corrected chi connectivity index (χ4v) is 5.30. The number of carbonyl (C=O) groups is 2. The average Bonchev–Trinajstić information content (AvgIpc) is 3.05. The predicted molar refractivity (Wildman–Crippen MR) is 94.9 cm³/mol. The van der Waals surface area contributed by atoms with E-state index < -0.39 is 15.4 Å². The molecule has 1 aliphatic carbocycles. The van der Waals surface area contributed by atoms with Crippen molar-refractivity contribution in [2.45, 2.75) is 56.9 Å². The molecule has 1 N–H and O–H groups in total. The lowest BCUT2D eigenvalue weighted by atomic mass is 9.84. The van der Waals surface area contributed by atoms with Crippen molar-refractivity contribution < 1.29 is 18.0 Å². The van der Waals surface area contributed by atoms with Crippen molar-refractivity contribution in [1.29, 1.82) is 0 Å². The van der Waals surface area contributed by atoms with E-state index in [9.17, 15) is 18.0 Å². The predicted octanol–water partition coefficient (Wildman–Crippen LogP) is 2.85. The van der Waals surface area contributed by atoms with E-state index in [2.05, 4.69) is 4.72 Å². The standard InChI is InChI=1S/C17H21ClN2O4S/c1-11(2)19-25(23,24)12-5-6-14(13(18)9-12)20-15(21)10-17(16(20)22)7-3-4-8-17/h5-6,9,11,19H,3-4,7-8,10H2,1-2H3. The van der Waals surface area contributed by atoms with Gasteiger partial charge in [0.1, 0.15) is 0 Å².